The lowest BCUT2D eigenvalue weighted by Crippen LogP contribution is -2.35. The molecule has 1 saturated carbocycles. The van der Waals surface area contributed by atoms with Gasteiger partial charge >= 0.3 is 12.1 Å². The molecule has 1 N–H and O–H groups in total. The number of carboxylic acid groups (broad SMARTS) is 1. The smallest absolute Gasteiger partial charge is 0.411 e. The third kappa shape index (κ3) is 3.92. The van der Waals surface area contributed by atoms with Crippen LogP contribution in [-0.4, -0.2) is 42.8 Å². The fourth-order valence-electron chi connectivity index (χ4n) is 5.62. The normalized spacial score (nSPS) is 18.7. The predicted octanol–water partition coefficient (Wildman–Crippen LogP) is 4.65. The molecular weight excluding hydrogens is 504 g/mol. The number of carboxylic acids is 1. The quantitative estimate of drug-likeness (QED) is 0.494. The van der Waals surface area contributed by atoms with Crippen LogP contribution in [0.2, 0.25) is 0 Å². The predicted molar refractivity (Wildman–Crippen MR) is 137 cm³/mol. The maximum Gasteiger partial charge on any atom is 0.411 e. The summed E-state index contributed by atoms with van der Waals surface area (Å²) >= 11 is 0. The number of rotatable bonds is 6. The van der Waals surface area contributed by atoms with Gasteiger partial charge in [-0.25, -0.2) is 18.0 Å². The van der Waals surface area contributed by atoms with Gasteiger partial charge in [0, 0.05) is 5.92 Å². The summed E-state index contributed by atoms with van der Waals surface area (Å²) in [6.45, 7) is -0.0440. The van der Waals surface area contributed by atoms with Gasteiger partial charge in [-0.05, 0) is 58.4 Å². The minimum absolute atomic E-state index is 0.0244. The Labute approximate surface area is 220 Å². The van der Waals surface area contributed by atoms with Gasteiger partial charge < -0.3 is 9.84 Å². The zero-order valence-electron chi connectivity index (χ0n) is 20.3. The SMILES string of the molecule is N#CC1(CS(=O)(=O)c2ccc3c(c2)CN(C(=O)OCC2c4ccccc4-c4ccccc42)C3C(=O)O)CC1. The Bertz CT molecular complexity index is 1590. The maximum atomic E-state index is 13.2. The van der Waals surface area contributed by atoms with Gasteiger partial charge in [0.15, 0.2) is 15.9 Å². The number of nitriles is 1. The van der Waals surface area contributed by atoms with Crippen molar-refractivity contribution in [1.82, 2.24) is 4.90 Å². The Hall–Kier alpha value is -4.16. The number of aliphatic carboxylic acids is 1. The average molecular weight is 529 g/mol. The fraction of sp³-hybridized carbons (Fsp3) is 0.276. The summed E-state index contributed by atoms with van der Waals surface area (Å²) < 4.78 is 31.6. The van der Waals surface area contributed by atoms with Crippen molar-refractivity contribution in [1.29, 1.82) is 5.26 Å². The van der Waals surface area contributed by atoms with Crippen LogP contribution >= 0.6 is 0 Å². The number of nitrogens with zero attached hydrogens (tertiary/aromatic N) is 2. The van der Waals surface area contributed by atoms with E-state index in [4.69, 9.17) is 4.74 Å². The van der Waals surface area contributed by atoms with Gasteiger partial charge in [0.1, 0.15) is 6.61 Å². The Morgan fingerprint density at radius 1 is 1.00 bits per heavy atom. The number of carbonyl (C=O) groups excluding carboxylic acids is 1. The summed E-state index contributed by atoms with van der Waals surface area (Å²) in [5.41, 5.74) is 4.20. The molecule has 9 heteroatoms. The van der Waals surface area contributed by atoms with Crippen molar-refractivity contribution in [2.45, 2.75) is 36.2 Å². The van der Waals surface area contributed by atoms with Crippen LogP contribution < -0.4 is 0 Å². The van der Waals surface area contributed by atoms with Crippen molar-refractivity contribution in [3.8, 4) is 17.2 Å². The van der Waals surface area contributed by atoms with Crippen LogP contribution in [0.1, 0.15) is 47.1 Å². The van der Waals surface area contributed by atoms with Gasteiger partial charge in [0.25, 0.3) is 0 Å². The second-order valence-corrected chi connectivity index (χ2v) is 12.2. The zero-order valence-corrected chi connectivity index (χ0v) is 21.1. The van der Waals surface area contributed by atoms with Crippen LogP contribution in [0.4, 0.5) is 4.79 Å². The molecule has 1 fully saturated rings. The number of hydrogen-bond donors (Lipinski definition) is 1. The Morgan fingerprint density at radius 3 is 2.21 bits per heavy atom. The minimum Gasteiger partial charge on any atom is -0.479 e. The summed E-state index contributed by atoms with van der Waals surface area (Å²) in [6, 6.07) is 20.9. The third-order valence-electron chi connectivity index (χ3n) is 7.78. The molecule has 0 spiro atoms. The first kappa shape index (κ1) is 24.2. The van der Waals surface area contributed by atoms with Crippen molar-refractivity contribution in [3.05, 3.63) is 89.0 Å². The number of amides is 1. The van der Waals surface area contributed by atoms with Gasteiger partial charge in [0.05, 0.1) is 28.7 Å². The van der Waals surface area contributed by atoms with Crippen molar-refractivity contribution in [2.24, 2.45) is 5.41 Å². The van der Waals surface area contributed by atoms with E-state index in [1.54, 1.807) is 0 Å². The lowest BCUT2D eigenvalue weighted by atomic mass is 9.98. The largest absolute Gasteiger partial charge is 0.479 e. The zero-order chi connectivity index (χ0) is 26.7. The molecule has 1 aliphatic heterocycles. The first-order valence-electron chi connectivity index (χ1n) is 12.3. The highest BCUT2D eigenvalue weighted by Crippen LogP contribution is 2.47. The van der Waals surface area contributed by atoms with E-state index in [1.807, 2.05) is 48.5 Å². The molecule has 38 heavy (non-hydrogen) atoms. The molecule has 0 radical (unpaired) electrons. The van der Waals surface area contributed by atoms with Gasteiger partial charge in [-0.3, -0.25) is 4.90 Å². The molecule has 0 aromatic heterocycles. The van der Waals surface area contributed by atoms with Crippen molar-refractivity contribution in [3.63, 3.8) is 0 Å². The van der Waals surface area contributed by atoms with Crippen molar-refractivity contribution in [2.75, 3.05) is 12.4 Å². The Kier molecular flexibility index (Phi) is 5.54. The lowest BCUT2D eigenvalue weighted by Gasteiger charge is -2.23. The van der Waals surface area contributed by atoms with E-state index in [0.717, 1.165) is 27.2 Å². The first-order chi connectivity index (χ1) is 18.2. The number of carbonyl (C=O) groups is 2. The molecule has 8 nitrogen and oxygen atoms in total. The molecule has 192 valence electrons. The molecule has 3 aromatic rings. The van der Waals surface area contributed by atoms with Crippen LogP contribution in [0.5, 0.6) is 0 Å². The van der Waals surface area contributed by atoms with E-state index in [9.17, 15) is 28.4 Å². The summed E-state index contributed by atoms with van der Waals surface area (Å²) in [6.07, 6.45) is 0.315. The highest BCUT2D eigenvalue weighted by molar-refractivity contribution is 7.91. The van der Waals surface area contributed by atoms with Gasteiger partial charge in [-0.15, -0.1) is 0 Å². The molecule has 1 unspecified atom stereocenters. The molecule has 0 saturated heterocycles. The van der Waals surface area contributed by atoms with E-state index >= 15 is 0 Å². The highest BCUT2D eigenvalue weighted by Gasteiger charge is 2.47. The molecule has 1 atom stereocenters. The Balaban J connectivity index is 1.23. The lowest BCUT2D eigenvalue weighted by molar-refractivity contribution is -0.142. The number of benzene rings is 3. The van der Waals surface area contributed by atoms with E-state index in [0.29, 0.717) is 24.0 Å². The summed E-state index contributed by atoms with van der Waals surface area (Å²) in [5.74, 6) is -1.67. The van der Waals surface area contributed by atoms with E-state index in [1.165, 1.54) is 18.2 Å². The van der Waals surface area contributed by atoms with Gasteiger partial charge in [-0.2, -0.15) is 5.26 Å². The third-order valence-corrected chi connectivity index (χ3v) is 9.69. The molecule has 3 aromatic carbocycles. The van der Waals surface area contributed by atoms with E-state index in [2.05, 4.69) is 6.07 Å². The second-order valence-electron chi connectivity index (χ2n) is 10.2. The van der Waals surface area contributed by atoms with Gasteiger partial charge in [0.2, 0.25) is 0 Å². The molecule has 1 heterocycles. The molecule has 2 aliphatic carbocycles. The number of sulfone groups is 1. The standard InChI is InChI=1S/C29H24N2O6S/c30-16-29(11-12-29)17-38(35,36)19-9-10-20-18(13-19)14-31(26(20)27(32)33)28(34)37-15-25-23-7-3-1-5-21(23)22-6-2-4-8-24(22)25/h1-10,13,25-26H,11-12,14-15,17H2,(H,32,33). The van der Waals surface area contributed by atoms with Crippen molar-refractivity contribution < 1.29 is 27.9 Å². The topological polar surface area (TPSA) is 125 Å². The maximum absolute atomic E-state index is 13.2. The Morgan fingerprint density at radius 2 is 1.63 bits per heavy atom. The van der Waals surface area contributed by atoms with Gasteiger partial charge in [-0.1, -0.05) is 54.6 Å². The molecule has 1 amide bonds. The summed E-state index contributed by atoms with van der Waals surface area (Å²) in [5, 5.41) is 19.3. The minimum atomic E-state index is -3.75. The summed E-state index contributed by atoms with van der Waals surface area (Å²) in [7, 11) is -3.75. The van der Waals surface area contributed by atoms with Crippen LogP contribution in [0, 0.1) is 16.7 Å². The van der Waals surface area contributed by atoms with Crippen LogP contribution in [0.15, 0.2) is 71.6 Å². The van der Waals surface area contributed by atoms with E-state index < -0.39 is 33.4 Å². The number of hydrogen-bond acceptors (Lipinski definition) is 6. The monoisotopic (exact) mass is 528 g/mol. The highest BCUT2D eigenvalue weighted by atomic mass is 32.2. The number of ether oxygens (including phenoxy) is 1. The average Bonchev–Trinajstić information content (AvgIpc) is 3.44. The van der Waals surface area contributed by atoms with Crippen LogP contribution in [-0.2, 0) is 25.9 Å². The molecular formula is C29H24N2O6S. The fourth-order valence-corrected chi connectivity index (χ4v) is 7.47. The van der Waals surface area contributed by atoms with E-state index in [-0.39, 0.29) is 29.7 Å². The van der Waals surface area contributed by atoms with Crippen LogP contribution in [0.25, 0.3) is 11.1 Å². The van der Waals surface area contributed by atoms with Crippen LogP contribution in [0.3, 0.4) is 0 Å². The second kappa shape index (κ2) is 8.71. The van der Waals surface area contributed by atoms with Crippen molar-refractivity contribution >= 4 is 21.9 Å². The molecule has 6 rings (SSSR count). The molecule has 0 bridgehead atoms. The molecule has 3 aliphatic rings. The summed E-state index contributed by atoms with van der Waals surface area (Å²) in [4.78, 5) is 26.5. The number of fused-ring (bicyclic) bond motifs is 4. The first-order valence-corrected chi connectivity index (χ1v) is 14.0.